The minimum atomic E-state index is -0.229. The van der Waals surface area contributed by atoms with Gasteiger partial charge in [-0.2, -0.15) is 5.26 Å². The lowest BCUT2D eigenvalue weighted by molar-refractivity contribution is 0.0655. The van der Waals surface area contributed by atoms with Crippen LogP contribution in [0.25, 0.3) is 0 Å². The number of nitriles is 1. The van der Waals surface area contributed by atoms with Gasteiger partial charge in [-0.1, -0.05) is 12.1 Å². The molecule has 126 valence electrons. The van der Waals surface area contributed by atoms with Gasteiger partial charge in [-0.3, -0.25) is 14.5 Å². The van der Waals surface area contributed by atoms with Crippen LogP contribution in [0.15, 0.2) is 35.4 Å². The van der Waals surface area contributed by atoms with E-state index in [-0.39, 0.29) is 11.8 Å². The molecule has 2 heterocycles. The Labute approximate surface area is 150 Å². The summed E-state index contributed by atoms with van der Waals surface area (Å²) in [5, 5.41) is 10.00. The summed E-state index contributed by atoms with van der Waals surface area (Å²) in [5.74, 6) is 0.221. The molecule has 0 N–H and O–H groups in total. The van der Waals surface area contributed by atoms with Crippen molar-refractivity contribution in [1.29, 1.82) is 5.26 Å². The van der Waals surface area contributed by atoms with Crippen molar-refractivity contribution >= 4 is 23.6 Å². The molecule has 1 aromatic carbocycles. The summed E-state index contributed by atoms with van der Waals surface area (Å²) in [5.41, 5.74) is 3.33. The number of aromatic nitrogens is 1. The molecule has 5 nitrogen and oxygen atoms in total. The van der Waals surface area contributed by atoms with Crippen molar-refractivity contribution in [3.63, 3.8) is 0 Å². The molecule has 2 amide bonds. The highest BCUT2D eigenvalue weighted by Crippen LogP contribution is 2.26. The van der Waals surface area contributed by atoms with E-state index in [1.807, 2.05) is 19.9 Å². The Balaban J connectivity index is 1.61. The lowest BCUT2D eigenvalue weighted by Crippen LogP contribution is -2.31. The van der Waals surface area contributed by atoms with Gasteiger partial charge in [-0.25, -0.2) is 4.98 Å². The van der Waals surface area contributed by atoms with E-state index in [4.69, 9.17) is 0 Å². The largest absolute Gasteiger partial charge is 0.274 e. The smallest absolute Gasteiger partial charge is 0.261 e. The van der Waals surface area contributed by atoms with Crippen molar-refractivity contribution in [3.05, 3.63) is 58.3 Å². The Morgan fingerprint density at radius 2 is 1.80 bits per heavy atom. The lowest BCUT2D eigenvalue weighted by Gasteiger charge is -2.13. The number of benzene rings is 1. The first-order chi connectivity index (χ1) is 12.0. The number of thioether (sulfide) groups is 1. The first kappa shape index (κ1) is 17.2. The molecular weight excluding hydrogens is 334 g/mol. The van der Waals surface area contributed by atoms with Gasteiger partial charge in [-0.05, 0) is 44.0 Å². The Hall–Kier alpha value is -2.65. The van der Waals surface area contributed by atoms with Crippen molar-refractivity contribution in [2.45, 2.75) is 25.3 Å². The maximum Gasteiger partial charge on any atom is 0.261 e. The van der Waals surface area contributed by atoms with Crippen LogP contribution in [-0.4, -0.2) is 34.0 Å². The molecule has 0 spiro atoms. The summed E-state index contributed by atoms with van der Waals surface area (Å²) in [7, 11) is 0. The molecule has 1 aromatic heterocycles. The monoisotopic (exact) mass is 351 g/mol. The van der Waals surface area contributed by atoms with Crippen molar-refractivity contribution < 1.29 is 9.59 Å². The second kappa shape index (κ2) is 7.08. The standard InChI is InChI=1S/C19H17N3O2S/c1-12-10-13(2)21-17(16(12)11-20)25-9-5-8-22-18(23)14-6-3-4-7-15(14)19(22)24/h3-4,6-7,10H,5,8-9H2,1-2H3. The molecule has 25 heavy (non-hydrogen) atoms. The fourth-order valence-electron chi connectivity index (χ4n) is 2.88. The number of pyridine rings is 1. The second-order valence-electron chi connectivity index (χ2n) is 5.88. The van der Waals surface area contributed by atoms with E-state index in [1.165, 1.54) is 16.7 Å². The van der Waals surface area contributed by atoms with Gasteiger partial charge in [0.1, 0.15) is 11.1 Å². The van der Waals surface area contributed by atoms with E-state index in [0.29, 0.717) is 40.4 Å². The van der Waals surface area contributed by atoms with E-state index in [1.54, 1.807) is 24.3 Å². The molecule has 0 fully saturated rings. The molecule has 0 bridgehead atoms. The number of imide groups is 1. The molecule has 1 aliphatic heterocycles. The maximum atomic E-state index is 12.3. The summed E-state index contributed by atoms with van der Waals surface area (Å²) in [6, 6.07) is 11.0. The van der Waals surface area contributed by atoms with E-state index >= 15 is 0 Å². The summed E-state index contributed by atoms with van der Waals surface area (Å²) >= 11 is 1.49. The van der Waals surface area contributed by atoms with Gasteiger partial charge in [0.2, 0.25) is 0 Å². The summed E-state index contributed by atoms with van der Waals surface area (Å²) in [6.07, 6.45) is 0.648. The van der Waals surface area contributed by atoms with Crippen LogP contribution < -0.4 is 0 Å². The van der Waals surface area contributed by atoms with Crippen LogP contribution in [0.1, 0.15) is 44.0 Å². The molecule has 2 aromatic rings. The number of amides is 2. The van der Waals surface area contributed by atoms with Crippen molar-refractivity contribution in [3.8, 4) is 6.07 Å². The molecule has 0 atom stereocenters. The molecule has 6 heteroatoms. The average Bonchev–Trinajstić information content (AvgIpc) is 2.83. The molecule has 0 radical (unpaired) electrons. The van der Waals surface area contributed by atoms with Crippen molar-refractivity contribution in [2.24, 2.45) is 0 Å². The third kappa shape index (κ3) is 3.28. The number of nitrogens with zero attached hydrogens (tertiary/aromatic N) is 3. The third-order valence-electron chi connectivity index (χ3n) is 4.07. The molecular formula is C19H17N3O2S. The Morgan fingerprint density at radius 1 is 1.16 bits per heavy atom. The van der Waals surface area contributed by atoms with Crippen LogP contribution in [0.4, 0.5) is 0 Å². The normalized spacial score (nSPS) is 13.1. The van der Waals surface area contributed by atoms with Crippen LogP contribution in [0.3, 0.4) is 0 Å². The number of carbonyl (C=O) groups excluding carboxylic acids is 2. The zero-order chi connectivity index (χ0) is 18.0. The Kier molecular flexibility index (Phi) is 4.86. The zero-order valence-corrected chi connectivity index (χ0v) is 14.9. The minimum absolute atomic E-state index is 0.229. The first-order valence-electron chi connectivity index (χ1n) is 7.99. The fourth-order valence-corrected chi connectivity index (χ4v) is 3.90. The van der Waals surface area contributed by atoms with Gasteiger partial charge in [0.15, 0.2) is 0 Å². The van der Waals surface area contributed by atoms with Gasteiger partial charge in [-0.15, -0.1) is 11.8 Å². The zero-order valence-electron chi connectivity index (χ0n) is 14.1. The van der Waals surface area contributed by atoms with Crippen molar-refractivity contribution in [1.82, 2.24) is 9.88 Å². The highest BCUT2D eigenvalue weighted by Gasteiger charge is 2.34. The van der Waals surface area contributed by atoms with Gasteiger partial charge in [0.05, 0.1) is 16.7 Å². The van der Waals surface area contributed by atoms with Gasteiger partial charge < -0.3 is 0 Å². The van der Waals surface area contributed by atoms with Crippen LogP contribution in [0.2, 0.25) is 0 Å². The SMILES string of the molecule is Cc1cc(C)c(C#N)c(SCCCN2C(=O)c3ccccc3C2=O)n1. The van der Waals surface area contributed by atoms with Crippen LogP contribution >= 0.6 is 11.8 Å². The number of aryl methyl sites for hydroxylation is 2. The fraction of sp³-hybridized carbons (Fsp3) is 0.263. The van der Waals surface area contributed by atoms with Gasteiger partial charge in [0.25, 0.3) is 11.8 Å². The number of carbonyl (C=O) groups is 2. The first-order valence-corrected chi connectivity index (χ1v) is 8.98. The summed E-state index contributed by atoms with van der Waals surface area (Å²) in [4.78, 5) is 30.3. The Morgan fingerprint density at radius 3 is 2.40 bits per heavy atom. The van der Waals surface area contributed by atoms with E-state index < -0.39 is 0 Å². The van der Waals surface area contributed by atoms with Gasteiger partial charge in [0, 0.05) is 18.0 Å². The predicted octanol–water partition coefficient (Wildman–Crippen LogP) is 3.35. The molecule has 0 saturated heterocycles. The quantitative estimate of drug-likeness (QED) is 0.469. The predicted molar refractivity (Wildman–Crippen MR) is 95.6 cm³/mol. The third-order valence-corrected chi connectivity index (χ3v) is 5.13. The topological polar surface area (TPSA) is 74.1 Å². The highest BCUT2D eigenvalue weighted by molar-refractivity contribution is 7.99. The Bertz CT molecular complexity index is 867. The highest BCUT2D eigenvalue weighted by atomic mass is 32.2. The summed E-state index contributed by atoms with van der Waals surface area (Å²) in [6.45, 7) is 4.17. The molecule has 1 aliphatic rings. The molecule has 3 rings (SSSR count). The van der Waals surface area contributed by atoms with Crippen LogP contribution in [0, 0.1) is 25.2 Å². The van der Waals surface area contributed by atoms with E-state index in [0.717, 1.165) is 11.3 Å². The van der Waals surface area contributed by atoms with Gasteiger partial charge >= 0.3 is 0 Å². The molecule has 0 unspecified atom stereocenters. The van der Waals surface area contributed by atoms with E-state index in [9.17, 15) is 14.9 Å². The van der Waals surface area contributed by atoms with E-state index in [2.05, 4.69) is 11.1 Å². The van der Waals surface area contributed by atoms with Crippen molar-refractivity contribution in [2.75, 3.05) is 12.3 Å². The number of fused-ring (bicyclic) bond motifs is 1. The molecule has 0 saturated carbocycles. The summed E-state index contributed by atoms with van der Waals surface area (Å²) < 4.78 is 0. The maximum absolute atomic E-state index is 12.3. The number of rotatable bonds is 5. The molecule has 0 aliphatic carbocycles. The van der Waals surface area contributed by atoms with Crippen LogP contribution in [0.5, 0.6) is 0 Å². The lowest BCUT2D eigenvalue weighted by atomic mass is 10.1. The second-order valence-corrected chi connectivity index (χ2v) is 6.97. The van der Waals surface area contributed by atoms with Crippen LogP contribution in [-0.2, 0) is 0 Å². The minimum Gasteiger partial charge on any atom is -0.274 e. The number of hydrogen-bond acceptors (Lipinski definition) is 5. The number of hydrogen-bond donors (Lipinski definition) is 0. The average molecular weight is 351 g/mol.